The van der Waals surface area contributed by atoms with Gasteiger partial charge in [0.05, 0.1) is 5.39 Å². The second-order valence-corrected chi connectivity index (χ2v) is 9.01. The van der Waals surface area contributed by atoms with Crippen molar-refractivity contribution in [1.82, 2.24) is 9.55 Å². The number of fused-ring (bicyclic) bond motifs is 3. The first-order valence-electron chi connectivity index (χ1n) is 8.02. The van der Waals surface area contributed by atoms with Gasteiger partial charge < -0.3 is 0 Å². The van der Waals surface area contributed by atoms with E-state index in [-0.39, 0.29) is 5.56 Å². The Balaban J connectivity index is 1.70. The third kappa shape index (κ3) is 2.95. The minimum absolute atomic E-state index is 0.109. The van der Waals surface area contributed by atoms with Crippen LogP contribution in [0.25, 0.3) is 10.2 Å². The summed E-state index contributed by atoms with van der Waals surface area (Å²) in [6.07, 6.45) is 4.53. The van der Waals surface area contributed by atoms with E-state index in [0.717, 1.165) is 38.4 Å². The first-order valence-corrected chi connectivity index (χ1v) is 10.6. The number of nitrogens with zero attached hydrogens (tertiary/aromatic N) is 2. The van der Waals surface area contributed by atoms with E-state index in [4.69, 9.17) is 4.98 Å². The summed E-state index contributed by atoms with van der Waals surface area (Å²) in [6, 6.07) is 8.27. The van der Waals surface area contributed by atoms with Crippen molar-refractivity contribution in [2.75, 3.05) is 0 Å². The van der Waals surface area contributed by atoms with Crippen LogP contribution in [0.2, 0.25) is 0 Å². The van der Waals surface area contributed by atoms with Crippen LogP contribution in [-0.2, 0) is 25.6 Å². The molecule has 0 atom stereocenters. The summed E-state index contributed by atoms with van der Waals surface area (Å²) in [7, 11) is 1.84. The first-order chi connectivity index (χ1) is 11.6. The fraction of sp³-hybridized carbons (Fsp3) is 0.333. The molecular formula is C18H17BrN2OS2. The van der Waals surface area contributed by atoms with Gasteiger partial charge in [-0.05, 0) is 48.9 Å². The fourth-order valence-electron chi connectivity index (χ4n) is 3.12. The van der Waals surface area contributed by atoms with E-state index in [1.165, 1.54) is 28.8 Å². The van der Waals surface area contributed by atoms with Gasteiger partial charge in [0.15, 0.2) is 5.16 Å². The van der Waals surface area contributed by atoms with Crippen molar-refractivity contribution in [1.29, 1.82) is 0 Å². The molecule has 1 aromatic carbocycles. The number of thioether (sulfide) groups is 1. The summed E-state index contributed by atoms with van der Waals surface area (Å²) in [5.41, 5.74) is 2.60. The lowest BCUT2D eigenvalue weighted by Crippen LogP contribution is -2.20. The van der Waals surface area contributed by atoms with Gasteiger partial charge in [-0.2, -0.15) is 0 Å². The molecule has 0 N–H and O–H groups in total. The maximum absolute atomic E-state index is 12.8. The molecule has 0 saturated carbocycles. The van der Waals surface area contributed by atoms with Crippen LogP contribution < -0.4 is 5.56 Å². The standard InChI is InChI=1S/C18H17BrN2OS2/c1-21-17(22)15-13-4-2-3-5-14(13)24-16(15)20-18(21)23-10-11-6-8-12(19)9-7-11/h6-9H,2-5,10H2,1H3. The number of thiophene rings is 1. The molecule has 3 nitrogen and oxygen atoms in total. The lowest BCUT2D eigenvalue weighted by molar-refractivity contribution is 0.695. The van der Waals surface area contributed by atoms with Gasteiger partial charge >= 0.3 is 0 Å². The van der Waals surface area contributed by atoms with Crippen molar-refractivity contribution in [3.63, 3.8) is 0 Å². The Morgan fingerprint density at radius 1 is 1.25 bits per heavy atom. The second kappa shape index (κ2) is 6.65. The third-order valence-corrected chi connectivity index (χ3v) is 7.25. The van der Waals surface area contributed by atoms with Crippen LogP contribution in [0, 0.1) is 0 Å². The summed E-state index contributed by atoms with van der Waals surface area (Å²) in [5.74, 6) is 0.810. The number of rotatable bonds is 3. The van der Waals surface area contributed by atoms with E-state index in [1.807, 2.05) is 19.2 Å². The molecule has 0 aliphatic heterocycles. The average molecular weight is 421 g/mol. The molecule has 0 unspecified atom stereocenters. The second-order valence-electron chi connectivity index (χ2n) is 6.06. The Morgan fingerprint density at radius 3 is 2.79 bits per heavy atom. The zero-order valence-corrected chi connectivity index (χ0v) is 16.6. The summed E-state index contributed by atoms with van der Waals surface area (Å²) in [4.78, 5) is 19.9. The molecule has 2 heterocycles. The van der Waals surface area contributed by atoms with Gasteiger partial charge in [-0.3, -0.25) is 9.36 Å². The van der Waals surface area contributed by atoms with E-state index >= 15 is 0 Å². The molecule has 0 amide bonds. The van der Waals surface area contributed by atoms with Gasteiger partial charge in [0.2, 0.25) is 0 Å². The van der Waals surface area contributed by atoms with Gasteiger partial charge in [-0.25, -0.2) is 4.98 Å². The molecule has 124 valence electrons. The van der Waals surface area contributed by atoms with E-state index in [9.17, 15) is 4.79 Å². The van der Waals surface area contributed by atoms with Crippen molar-refractivity contribution >= 4 is 49.2 Å². The van der Waals surface area contributed by atoms with Gasteiger partial charge in [0, 0.05) is 22.2 Å². The van der Waals surface area contributed by atoms with E-state index in [0.29, 0.717) is 0 Å². The Hall–Kier alpha value is -1.11. The van der Waals surface area contributed by atoms with Gasteiger partial charge in [-0.15, -0.1) is 11.3 Å². The van der Waals surface area contributed by atoms with Crippen molar-refractivity contribution < 1.29 is 0 Å². The summed E-state index contributed by atoms with van der Waals surface area (Å²) in [6.45, 7) is 0. The average Bonchev–Trinajstić information content (AvgIpc) is 2.96. The Labute approximate surface area is 157 Å². The molecule has 1 aliphatic rings. The van der Waals surface area contributed by atoms with Crippen molar-refractivity contribution in [3.05, 3.63) is 55.1 Å². The Bertz CT molecular complexity index is 960. The minimum atomic E-state index is 0.109. The van der Waals surface area contributed by atoms with Crippen LogP contribution in [-0.4, -0.2) is 9.55 Å². The highest BCUT2D eigenvalue weighted by molar-refractivity contribution is 9.10. The van der Waals surface area contributed by atoms with Crippen LogP contribution in [0.3, 0.4) is 0 Å². The Morgan fingerprint density at radius 2 is 2.00 bits per heavy atom. The molecule has 3 aromatic rings. The predicted octanol–water partition coefficient (Wildman–Crippen LogP) is 4.93. The molecule has 4 rings (SSSR count). The summed E-state index contributed by atoms with van der Waals surface area (Å²) < 4.78 is 2.79. The molecular weight excluding hydrogens is 404 g/mol. The van der Waals surface area contributed by atoms with Crippen molar-refractivity contribution in [2.24, 2.45) is 7.05 Å². The van der Waals surface area contributed by atoms with Crippen LogP contribution in [0.1, 0.15) is 28.8 Å². The highest BCUT2D eigenvalue weighted by Crippen LogP contribution is 2.34. The van der Waals surface area contributed by atoms with E-state index in [1.54, 1.807) is 27.7 Å². The minimum Gasteiger partial charge on any atom is -0.290 e. The molecule has 24 heavy (non-hydrogen) atoms. The molecule has 0 fully saturated rings. The molecule has 0 bridgehead atoms. The fourth-order valence-corrected chi connectivity index (χ4v) is 5.62. The zero-order valence-electron chi connectivity index (χ0n) is 13.3. The lowest BCUT2D eigenvalue weighted by Gasteiger charge is -2.11. The van der Waals surface area contributed by atoms with E-state index < -0.39 is 0 Å². The van der Waals surface area contributed by atoms with Gasteiger partial charge in [0.1, 0.15) is 4.83 Å². The van der Waals surface area contributed by atoms with Crippen LogP contribution in [0.5, 0.6) is 0 Å². The first kappa shape index (κ1) is 16.4. The number of aryl methyl sites for hydroxylation is 2. The zero-order chi connectivity index (χ0) is 16.7. The maximum atomic E-state index is 12.8. The number of hydrogen-bond donors (Lipinski definition) is 0. The lowest BCUT2D eigenvalue weighted by atomic mass is 9.97. The van der Waals surface area contributed by atoms with Crippen LogP contribution in [0.4, 0.5) is 0 Å². The van der Waals surface area contributed by atoms with Crippen LogP contribution in [0.15, 0.2) is 38.7 Å². The molecule has 2 aromatic heterocycles. The van der Waals surface area contributed by atoms with Crippen molar-refractivity contribution in [2.45, 2.75) is 36.6 Å². The summed E-state index contributed by atoms with van der Waals surface area (Å²) in [5, 5.41) is 1.67. The maximum Gasteiger partial charge on any atom is 0.262 e. The molecule has 1 aliphatic carbocycles. The van der Waals surface area contributed by atoms with Crippen molar-refractivity contribution in [3.8, 4) is 0 Å². The molecule has 6 heteroatoms. The third-order valence-electron chi connectivity index (χ3n) is 4.44. The van der Waals surface area contributed by atoms with Gasteiger partial charge in [-0.1, -0.05) is 39.8 Å². The van der Waals surface area contributed by atoms with E-state index in [2.05, 4.69) is 28.1 Å². The smallest absolute Gasteiger partial charge is 0.262 e. The number of benzene rings is 1. The van der Waals surface area contributed by atoms with Crippen LogP contribution >= 0.6 is 39.0 Å². The highest BCUT2D eigenvalue weighted by Gasteiger charge is 2.21. The number of aromatic nitrogens is 2. The Kier molecular flexibility index (Phi) is 4.54. The largest absolute Gasteiger partial charge is 0.290 e. The summed E-state index contributed by atoms with van der Waals surface area (Å²) >= 11 is 6.79. The molecule has 0 spiro atoms. The monoisotopic (exact) mass is 420 g/mol. The number of hydrogen-bond acceptors (Lipinski definition) is 4. The molecule has 0 saturated heterocycles. The normalized spacial score (nSPS) is 14.1. The topological polar surface area (TPSA) is 34.9 Å². The predicted molar refractivity (Wildman–Crippen MR) is 105 cm³/mol. The highest BCUT2D eigenvalue weighted by atomic mass is 79.9. The quantitative estimate of drug-likeness (QED) is 0.444. The molecule has 0 radical (unpaired) electrons. The SMILES string of the molecule is Cn1c(SCc2ccc(Br)cc2)nc2sc3c(c2c1=O)CCCC3. The van der Waals surface area contributed by atoms with Gasteiger partial charge in [0.25, 0.3) is 5.56 Å². The number of halogens is 1.